The number of fused-ring (bicyclic) bond motifs is 1. The van der Waals surface area contributed by atoms with E-state index >= 15 is 0 Å². The summed E-state index contributed by atoms with van der Waals surface area (Å²) < 4.78 is 5.97. The Morgan fingerprint density at radius 3 is 2.63 bits per heavy atom. The van der Waals surface area contributed by atoms with Crippen LogP contribution >= 0.6 is 0 Å². The molecule has 1 aromatic rings. The number of hydrogen-bond acceptors (Lipinski definition) is 4. The molecular formula is C15H23N3O. The van der Waals surface area contributed by atoms with Gasteiger partial charge in [0, 0.05) is 33.2 Å². The van der Waals surface area contributed by atoms with Crippen LogP contribution in [0.4, 0.5) is 11.4 Å². The van der Waals surface area contributed by atoms with Crippen molar-refractivity contribution in [1.29, 1.82) is 0 Å². The zero-order valence-corrected chi connectivity index (χ0v) is 11.9. The Hall–Kier alpha value is -1.42. The fourth-order valence-corrected chi connectivity index (χ4v) is 2.84. The van der Waals surface area contributed by atoms with Crippen LogP contribution in [0.25, 0.3) is 0 Å². The van der Waals surface area contributed by atoms with Crippen molar-refractivity contribution < 1.29 is 4.74 Å². The number of hydrogen-bond donors (Lipinski definition) is 1. The van der Waals surface area contributed by atoms with E-state index in [2.05, 4.69) is 41.2 Å². The number of rotatable bonds is 2. The Kier molecular flexibility index (Phi) is 3.51. The second kappa shape index (κ2) is 5.29. The van der Waals surface area contributed by atoms with Crippen molar-refractivity contribution in [1.82, 2.24) is 5.32 Å². The molecule has 3 rings (SSSR count). The molecule has 1 fully saturated rings. The average Bonchev–Trinajstić information content (AvgIpc) is 2.48. The SMILES string of the molecule is CCc1cc2c(c(N3CCNCC3)c1)OCCN2C. The van der Waals surface area contributed by atoms with E-state index in [1.54, 1.807) is 0 Å². The minimum Gasteiger partial charge on any atom is -0.487 e. The Balaban J connectivity index is 2.03. The minimum absolute atomic E-state index is 0.786. The molecule has 4 nitrogen and oxygen atoms in total. The summed E-state index contributed by atoms with van der Waals surface area (Å²) in [6.07, 6.45) is 1.07. The Morgan fingerprint density at radius 2 is 1.89 bits per heavy atom. The van der Waals surface area contributed by atoms with Gasteiger partial charge in [-0.15, -0.1) is 0 Å². The lowest BCUT2D eigenvalue weighted by molar-refractivity contribution is 0.311. The number of aryl methyl sites for hydroxylation is 1. The standard InChI is InChI=1S/C15H23N3O/c1-3-12-10-13-15(19-9-8-17(13)2)14(11-12)18-6-4-16-5-7-18/h10-11,16H,3-9H2,1-2H3. The maximum Gasteiger partial charge on any atom is 0.165 e. The summed E-state index contributed by atoms with van der Waals surface area (Å²) in [4.78, 5) is 4.76. The molecule has 0 amide bonds. The highest BCUT2D eigenvalue weighted by atomic mass is 16.5. The smallest absolute Gasteiger partial charge is 0.165 e. The van der Waals surface area contributed by atoms with Crippen molar-refractivity contribution in [3.05, 3.63) is 17.7 Å². The van der Waals surface area contributed by atoms with Crippen LogP contribution in [-0.2, 0) is 6.42 Å². The molecule has 1 N–H and O–H groups in total. The van der Waals surface area contributed by atoms with Crippen molar-refractivity contribution in [2.75, 3.05) is 56.2 Å². The van der Waals surface area contributed by atoms with Gasteiger partial charge in [-0.05, 0) is 24.1 Å². The maximum absolute atomic E-state index is 5.97. The summed E-state index contributed by atoms with van der Waals surface area (Å²) in [6, 6.07) is 4.59. The van der Waals surface area contributed by atoms with Crippen molar-refractivity contribution >= 4 is 11.4 Å². The lowest BCUT2D eigenvalue weighted by atomic mass is 10.1. The molecule has 19 heavy (non-hydrogen) atoms. The number of likely N-dealkylation sites (N-methyl/N-ethyl adjacent to an activating group) is 1. The third kappa shape index (κ3) is 2.37. The van der Waals surface area contributed by atoms with E-state index in [0.717, 1.165) is 51.5 Å². The molecule has 104 valence electrons. The van der Waals surface area contributed by atoms with Crippen LogP contribution in [0.1, 0.15) is 12.5 Å². The average molecular weight is 261 g/mol. The summed E-state index contributed by atoms with van der Waals surface area (Å²) >= 11 is 0. The molecule has 0 spiro atoms. The molecule has 0 bridgehead atoms. The van der Waals surface area contributed by atoms with E-state index < -0.39 is 0 Å². The van der Waals surface area contributed by atoms with E-state index in [4.69, 9.17) is 4.74 Å². The highest BCUT2D eigenvalue weighted by Gasteiger charge is 2.23. The summed E-state index contributed by atoms with van der Waals surface area (Å²) in [5.74, 6) is 1.08. The van der Waals surface area contributed by atoms with Gasteiger partial charge in [-0.3, -0.25) is 0 Å². The van der Waals surface area contributed by atoms with Crippen molar-refractivity contribution in [3.8, 4) is 5.75 Å². The van der Waals surface area contributed by atoms with Crippen LogP contribution in [-0.4, -0.2) is 46.4 Å². The van der Waals surface area contributed by atoms with Crippen LogP contribution in [0.15, 0.2) is 12.1 Å². The van der Waals surface area contributed by atoms with E-state index in [1.165, 1.54) is 16.9 Å². The molecule has 4 heteroatoms. The second-order valence-corrected chi connectivity index (χ2v) is 5.32. The van der Waals surface area contributed by atoms with Crippen LogP contribution in [0, 0.1) is 0 Å². The van der Waals surface area contributed by atoms with Gasteiger partial charge < -0.3 is 19.9 Å². The van der Waals surface area contributed by atoms with Gasteiger partial charge in [0.15, 0.2) is 5.75 Å². The van der Waals surface area contributed by atoms with Crippen LogP contribution in [0.5, 0.6) is 5.75 Å². The number of nitrogens with one attached hydrogen (secondary N) is 1. The van der Waals surface area contributed by atoms with Crippen molar-refractivity contribution in [2.45, 2.75) is 13.3 Å². The zero-order valence-electron chi connectivity index (χ0n) is 11.9. The second-order valence-electron chi connectivity index (χ2n) is 5.32. The number of nitrogens with zero attached hydrogens (tertiary/aromatic N) is 2. The molecule has 2 aliphatic heterocycles. The predicted molar refractivity (Wildman–Crippen MR) is 79.7 cm³/mol. The molecule has 2 heterocycles. The molecule has 2 aliphatic rings. The number of benzene rings is 1. The molecule has 1 saturated heterocycles. The van der Waals surface area contributed by atoms with Gasteiger partial charge in [-0.25, -0.2) is 0 Å². The van der Waals surface area contributed by atoms with Gasteiger partial charge in [-0.2, -0.15) is 0 Å². The number of ether oxygens (including phenoxy) is 1. The van der Waals surface area contributed by atoms with E-state index in [-0.39, 0.29) is 0 Å². The topological polar surface area (TPSA) is 27.7 Å². The summed E-state index contributed by atoms with van der Waals surface area (Å²) in [5.41, 5.74) is 3.92. The summed E-state index contributed by atoms with van der Waals surface area (Å²) in [7, 11) is 2.16. The maximum atomic E-state index is 5.97. The molecule has 0 aromatic heterocycles. The molecule has 0 radical (unpaired) electrons. The number of anilines is 2. The first kappa shape index (κ1) is 12.6. The van der Waals surface area contributed by atoms with Gasteiger partial charge >= 0.3 is 0 Å². The van der Waals surface area contributed by atoms with Crippen LogP contribution in [0.3, 0.4) is 0 Å². The Morgan fingerprint density at radius 1 is 1.16 bits per heavy atom. The molecule has 1 aromatic carbocycles. The molecule has 0 saturated carbocycles. The van der Waals surface area contributed by atoms with Gasteiger partial charge in [-0.1, -0.05) is 6.92 Å². The van der Waals surface area contributed by atoms with Gasteiger partial charge in [0.1, 0.15) is 6.61 Å². The lowest BCUT2D eigenvalue weighted by Gasteiger charge is -2.35. The van der Waals surface area contributed by atoms with E-state index in [9.17, 15) is 0 Å². The predicted octanol–water partition coefficient (Wildman–Crippen LogP) is 1.49. The largest absolute Gasteiger partial charge is 0.487 e. The Bertz CT molecular complexity index is 455. The molecule has 0 unspecified atom stereocenters. The molecule has 0 aliphatic carbocycles. The van der Waals surface area contributed by atoms with E-state index in [0.29, 0.717) is 0 Å². The lowest BCUT2D eigenvalue weighted by Crippen LogP contribution is -2.44. The highest BCUT2D eigenvalue weighted by Crippen LogP contribution is 2.41. The minimum atomic E-state index is 0.786. The number of piperazine rings is 1. The fourth-order valence-electron chi connectivity index (χ4n) is 2.84. The summed E-state index contributed by atoms with van der Waals surface area (Å²) in [6.45, 7) is 8.21. The molecule has 0 atom stereocenters. The van der Waals surface area contributed by atoms with Gasteiger partial charge in [0.25, 0.3) is 0 Å². The first-order valence-corrected chi connectivity index (χ1v) is 7.26. The summed E-state index contributed by atoms with van der Waals surface area (Å²) in [5, 5.41) is 3.41. The van der Waals surface area contributed by atoms with E-state index in [1.807, 2.05) is 0 Å². The van der Waals surface area contributed by atoms with Gasteiger partial charge in [0.05, 0.1) is 17.9 Å². The Labute approximate surface area is 115 Å². The van der Waals surface area contributed by atoms with Crippen molar-refractivity contribution in [2.24, 2.45) is 0 Å². The van der Waals surface area contributed by atoms with Crippen molar-refractivity contribution in [3.63, 3.8) is 0 Å². The monoisotopic (exact) mass is 261 g/mol. The highest BCUT2D eigenvalue weighted by molar-refractivity contribution is 5.75. The van der Waals surface area contributed by atoms with Crippen LogP contribution < -0.4 is 19.9 Å². The molecular weight excluding hydrogens is 238 g/mol. The third-order valence-corrected chi connectivity index (χ3v) is 4.06. The fraction of sp³-hybridized carbons (Fsp3) is 0.600. The zero-order chi connectivity index (χ0) is 13.2. The van der Waals surface area contributed by atoms with Crippen LogP contribution in [0.2, 0.25) is 0 Å². The quantitative estimate of drug-likeness (QED) is 0.873. The first-order chi connectivity index (χ1) is 9.29. The normalized spacial score (nSPS) is 19.1. The first-order valence-electron chi connectivity index (χ1n) is 7.26. The third-order valence-electron chi connectivity index (χ3n) is 4.06. The van der Waals surface area contributed by atoms with Gasteiger partial charge in [0.2, 0.25) is 0 Å².